The first-order chi connectivity index (χ1) is 9.15. The van der Waals surface area contributed by atoms with E-state index in [9.17, 15) is 5.11 Å². The van der Waals surface area contributed by atoms with Gasteiger partial charge in [0.25, 0.3) is 0 Å². The third kappa shape index (κ3) is 2.26. The summed E-state index contributed by atoms with van der Waals surface area (Å²) >= 11 is 11.7. The zero-order chi connectivity index (χ0) is 13.5. The quantitative estimate of drug-likeness (QED) is 0.870. The van der Waals surface area contributed by atoms with Crippen molar-refractivity contribution in [2.24, 2.45) is 0 Å². The molecule has 0 aliphatic carbocycles. The van der Waals surface area contributed by atoms with E-state index < -0.39 is 5.60 Å². The van der Waals surface area contributed by atoms with Crippen molar-refractivity contribution in [1.82, 2.24) is 0 Å². The minimum Gasteiger partial charge on any atom is -0.393 e. The summed E-state index contributed by atoms with van der Waals surface area (Å²) in [5.74, 6) is 0. The Bertz CT molecular complexity index is 580. The summed E-state index contributed by atoms with van der Waals surface area (Å²) < 4.78 is 5.77. The van der Waals surface area contributed by atoms with Gasteiger partial charge in [-0.05, 0) is 35.4 Å². The van der Waals surface area contributed by atoms with Crippen LogP contribution in [0.5, 0.6) is 0 Å². The van der Waals surface area contributed by atoms with E-state index in [2.05, 4.69) is 0 Å². The smallest absolute Gasteiger partial charge is 0.147 e. The summed E-state index contributed by atoms with van der Waals surface area (Å²) in [6.07, 6.45) is -0.143. The molecule has 2 aromatic carbocycles. The summed E-state index contributed by atoms with van der Waals surface area (Å²) in [4.78, 5) is 0. The Hall–Kier alpha value is -1.06. The van der Waals surface area contributed by atoms with Crippen LogP contribution in [0.4, 0.5) is 0 Å². The zero-order valence-electron chi connectivity index (χ0n) is 10.0. The summed E-state index contributed by atoms with van der Waals surface area (Å²) in [6, 6.07) is 14.8. The average molecular weight is 295 g/mol. The fourth-order valence-electron chi connectivity index (χ4n) is 2.31. The standard InChI is InChI=1S/C15H12Cl2O2/c16-12-5-1-10(2-6-12)14-15(9-18,19-14)11-3-7-13(17)8-4-11/h1-8,14,18H,9H2/t14-,15+/m0/s1. The Labute approximate surface area is 121 Å². The Morgan fingerprint density at radius 3 is 2.00 bits per heavy atom. The van der Waals surface area contributed by atoms with Crippen LogP contribution in [-0.4, -0.2) is 11.7 Å². The first-order valence-corrected chi connectivity index (χ1v) is 6.71. The number of aliphatic hydroxyl groups excluding tert-OH is 1. The lowest BCUT2D eigenvalue weighted by Crippen LogP contribution is -2.15. The molecule has 0 spiro atoms. The molecule has 1 aliphatic heterocycles. The normalized spacial score (nSPS) is 25.3. The molecule has 1 aliphatic rings. The number of epoxide rings is 1. The van der Waals surface area contributed by atoms with Crippen molar-refractivity contribution in [1.29, 1.82) is 0 Å². The minimum atomic E-state index is -0.654. The topological polar surface area (TPSA) is 32.8 Å². The van der Waals surface area contributed by atoms with Crippen molar-refractivity contribution >= 4 is 23.2 Å². The molecule has 0 aromatic heterocycles. The minimum absolute atomic E-state index is 0.0675. The number of hydrogen-bond acceptors (Lipinski definition) is 2. The molecule has 1 fully saturated rings. The molecule has 2 nitrogen and oxygen atoms in total. The highest BCUT2D eigenvalue weighted by Crippen LogP contribution is 2.56. The highest BCUT2D eigenvalue weighted by molar-refractivity contribution is 6.30. The lowest BCUT2D eigenvalue weighted by Gasteiger charge is -2.10. The molecule has 1 N–H and O–H groups in total. The van der Waals surface area contributed by atoms with Crippen molar-refractivity contribution in [3.8, 4) is 0 Å². The van der Waals surface area contributed by atoms with Gasteiger partial charge >= 0.3 is 0 Å². The van der Waals surface area contributed by atoms with Gasteiger partial charge in [-0.2, -0.15) is 0 Å². The number of hydrogen-bond donors (Lipinski definition) is 1. The molecular formula is C15H12Cl2O2. The van der Waals surface area contributed by atoms with Crippen LogP contribution in [0.3, 0.4) is 0 Å². The number of halogens is 2. The third-order valence-corrected chi connectivity index (χ3v) is 3.94. The number of ether oxygens (including phenoxy) is 1. The van der Waals surface area contributed by atoms with Crippen molar-refractivity contribution < 1.29 is 9.84 Å². The van der Waals surface area contributed by atoms with Gasteiger partial charge in [0.2, 0.25) is 0 Å². The second-order valence-corrected chi connectivity index (χ2v) is 5.48. The van der Waals surface area contributed by atoms with Crippen LogP contribution in [0.1, 0.15) is 17.2 Å². The van der Waals surface area contributed by atoms with Gasteiger partial charge in [-0.1, -0.05) is 47.5 Å². The first-order valence-electron chi connectivity index (χ1n) is 5.96. The van der Waals surface area contributed by atoms with E-state index in [1.165, 1.54) is 0 Å². The predicted molar refractivity (Wildman–Crippen MR) is 75.5 cm³/mol. The van der Waals surface area contributed by atoms with Crippen LogP contribution in [-0.2, 0) is 10.3 Å². The van der Waals surface area contributed by atoms with E-state index in [0.717, 1.165) is 11.1 Å². The van der Waals surface area contributed by atoms with Gasteiger partial charge < -0.3 is 9.84 Å². The maximum atomic E-state index is 9.68. The molecule has 0 radical (unpaired) electrons. The van der Waals surface area contributed by atoms with Crippen LogP contribution >= 0.6 is 23.2 Å². The maximum absolute atomic E-state index is 9.68. The molecule has 0 saturated carbocycles. The Kier molecular flexibility index (Phi) is 3.27. The highest BCUT2D eigenvalue weighted by Gasteiger charge is 2.58. The van der Waals surface area contributed by atoms with E-state index in [-0.39, 0.29) is 12.7 Å². The van der Waals surface area contributed by atoms with Crippen molar-refractivity contribution in [3.63, 3.8) is 0 Å². The second-order valence-electron chi connectivity index (χ2n) is 4.60. The van der Waals surface area contributed by atoms with Crippen LogP contribution in [0, 0.1) is 0 Å². The first kappa shape index (κ1) is 12.9. The van der Waals surface area contributed by atoms with E-state index in [0.29, 0.717) is 10.0 Å². The van der Waals surface area contributed by atoms with E-state index in [1.54, 1.807) is 12.1 Å². The monoisotopic (exact) mass is 294 g/mol. The molecule has 1 heterocycles. The number of rotatable bonds is 3. The predicted octanol–water partition coefficient (Wildman–Crippen LogP) is 3.95. The summed E-state index contributed by atoms with van der Waals surface area (Å²) in [5.41, 5.74) is 1.28. The SMILES string of the molecule is OC[C@]1(c2ccc(Cl)cc2)O[C@H]1c1ccc(Cl)cc1. The lowest BCUT2D eigenvalue weighted by atomic mass is 9.92. The van der Waals surface area contributed by atoms with Crippen LogP contribution in [0.25, 0.3) is 0 Å². The number of aliphatic hydroxyl groups is 1. The maximum Gasteiger partial charge on any atom is 0.147 e. The van der Waals surface area contributed by atoms with Gasteiger partial charge in [0, 0.05) is 10.0 Å². The molecule has 19 heavy (non-hydrogen) atoms. The molecule has 2 aromatic rings. The lowest BCUT2D eigenvalue weighted by molar-refractivity contribution is 0.172. The van der Waals surface area contributed by atoms with Crippen LogP contribution in [0.2, 0.25) is 10.0 Å². The molecule has 0 unspecified atom stereocenters. The molecule has 1 saturated heterocycles. The fourth-order valence-corrected chi connectivity index (χ4v) is 2.57. The Balaban J connectivity index is 1.91. The largest absolute Gasteiger partial charge is 0.393 e. The van der Waals surface area contributed by atoms with E-state index >= 15 is 0 Å². The van der Waals surface area contributed by atoms with Crippen molar-refractivity contribution in [2.75, 3.05) is 6.61 Å². The zero-order valence-corrected chi connectivity index (χ0v) is 11.5. The van der Waals surface area contributed by atoms with Gasteiger partial charge in [-0.25, -0.2) is 0 Å². The van der Waals surface area contributed by atoms with Crippen molar-refractivity contribution in [2.45, 2.75) is 11.7 Å². The fraction of sp³-hybridized carbons (Fsp3) is 0.200. The summed E-state index contributed by atoms with van der Waals surface area (Å²) in [7, 11) is 0. The average Bonchev–Trinajstić information content (AvgIpc) is 3.16. The summed E-state index contributed by atoms with van der Waals surface area (Å²) in [6.45, 7) is -0.0675. The summed E-state index contributed by atoms with van der Waals surface area (Å²) in [5, 5.41) is 11.0. The Morgan fingerprint density at radius 2 is 1.47 bits per heavy atom. The molecular weight excluding hydrogens is 283 g/mol. The highest BCUT2D eigenvalue weighted by atomic mass is 35.5. The van der Waals surface area contributed by atoms with Gasteiger partial charge in [0.1, 0.15) is 11.7 Å². The number of benzene rings is 2. The molecule has 0 amide bonds. The van der Waals surface area contributed by atoms with E-state index in [1.807, 2.05) is 36.4 Å². The molecule has 0 bridgehead atoms. The molecule has 4 heteroatoms. The van der Waals surface area contributed by atoms with Crippen LogP contribution < -0.4 is 0 Å². The van der Waals surface area contributed by atoms with Gasteiger partial charge in [-0.15, -0.1) is 0 Å². The van der Waals surface area contributed by atoms with Gasteiger partial charge in [0.05, 0.1) is 6.61 Å². The molecule has 3 rings (SSSR count). The van der Waals surface area contributed by atoms with Gasteiger partial charge in [0.15, 0.2) is 0 Å². The molecule has 2 atom stereocenters. The van der Waals surface area contributed by atoms with Gasteiger partial charge in [-0.3, -0.25) is 0 Å². The van der Waals surface area contributed by atoms with Crippen LogP contribution in [0.15, 0.2) is 48.5 Å². The van der Waals surface area contributed by atoms with E-state index in [4.69, 9.17) is 27.9 Å². The molecule has 98 valence electrons. The van der Waals surface area contributed by atoms with Crippen molar-refractivity contribution in [3.05, 3.63) is 69.7 Å². The third-order valence-electron chi connectivity index (χ3n) is 3.43. The Morgan fingerprint density at radius 1 is 0.947 bits per heavy atom. The second kappa shape index (κ2) is 4.80.